The van der Waals surface area contributed by atoms with Crippen LogP contribution in [0.15, 0.2) is 12.2 Å². The summed E-state index contributed by atoms with van der Waals surface area (Å²) in [6.07, 6.45) is 5.93. The van der Waals surface area contributed by atoms with Crippen LogP contribution in [0.2, 0.25) is 0 Å². The lowest BCUT2D eigenvalue weighted by Gasteiger charge is -2.56. The number of likely N-dealkylation sites (N-methyl/N-ethyl adjacent to an activating group) is 1. The number of aliphatic hydroxyl groups is 1. The van der Waals surface area contributed by atoms with E-state index in [1.807, 2.05) is 13.8 Å². The minimum absolute atomic E-state index is 0.0824. The van der Waals surface area contributed by atoms with E-state index in [1.165, 1.54) is 0 Å². The molecule has 1 spiro atoms. The molecule has 1 fully saturated rings. The summed E-state index contributed by atoms with van der Waals surface area (Å²) in [5, 5.41) is 22.1. The average molecular weight is 426 g/mol. The molecule has 2 aliphatic heterocycles. The molecule has 2 N–H and O–H groups in total. The second-order valence-electron chi connectivity index (χ2n) is 9.61. The first-order valence-corrected chi connectivity index (χ1v) is 11.6. The maximum Gasteiger partial charge on any atom is 0.169 e. The summed E-state index contributed by atoms with van der Waals surface area (Å²) in [7, 11) is 2.10. The summed E-state index contributed by atoms with van der Waals surface area (Å²) >= 11 is 0. The first kappa shape index (κ1) is 20.7. The zero-order valence-electron chi connectivity index (χ0n) is 18.5. The van der Waals surface area contributed by atoms with Crippen LogP contribution in [0.1, 0.15) is 77.8 Å². The van der Waals surface area contributed by atoms with Crippen molar-refractivity contribution < 1.29 is 24.5 Å². The van der Waals surface area contributed by atoms with Gasteiger partial charge in [-0.2, -0.15) is 0 Å². The van der Waals surface area contributed by atoms with Crippen LogP contribution in [-0.4, -0.2) is 58.5 Å². The third-order valence-corrected chi connectivity index (χ3v) is 7.96. The van der Waals surface area contributed by atoms with Gasteiger partial charge in [0, 0.05) is 41.3 Å². The summed E-state index contributed by atoms with van der Waals surface area (Å²) < 4.78 is 6.29. The number of hydrogen-bond donors (Lipinski definition) is 2. The van der Waals surface area contributed by atoms with E-state index < -0.39 is 17.6 Å². The second kappa shape index (κ2) is 7.17. The number of phenolic OH excluding ortho intramolecular Hbond substituents is 1. The highest BCUT2D eigenvalue weighted by Gasteiger charge is 2.65. The van der Waals surface area contributed by atoms with Gasteiger partial charge in [-0.15, -0.1) is 0 Å². The molecule has 0 unspecified atom stereocenters. The number of ether oxygens (including phenoxy) is 1. The number of hydrogen-bond acceptors (Lipinski definition) is 6. The maximum atomic E-state index is 13.4. The molecular weight excluding hydrogens is 394 g/mol. The molecule has 4 aliphatic rings. The highest BCUT2D eigenvalue weighted by molar-refractivity contribution is 6.12. The van der Waals surface area contributed by atoms with Gasteiger partial charge in [-0.3, -0.25) is 9.59 Å². The first-order chi connectivity index (χ1) is 14.9. The van der Waals surface area contributed by atoms with Crippen LogP contribution in [0, 0.1) is 5.92 Å². The van der Waals surface area contributed by atoms with E-state index in [-0.39, 0.29) is 41.3 Å². The van der Waals surface area contributed by atoms with E-state index in [9.17, 15) is 19.8 Å². The highest BCUT2D eigenvalue weighted by atomic mass is 16.5. The van der Waals surface area contributed by atoms with Crippen LogP contribution in [-0.2, 0) is 11.8 Å². The van der Waals surface area contributed by atoms with E-state index in [4.69, 9.17) is 4.74 Å². The molecule has 2 aliphatic carbocycles. The van der Waals surface area contributed by atoms with Crippen molar-refractivity contribution in [3.05, 3.63) is 34.4 Å². The Bertz CT molecular complexity index is 998. The van der Waals surface area contributed by atoms with Crippen molar-refractivity contribution in [3.63, 3.8) is 0 Å². The molecule has 31 heavy (non-hydrogen) atoms. The number of rotatable bonds is 6. The molecule has 2 bridgehead atoms. The molecule has 0 saturated carbocycles. The summed E-state index contributed by atoms with van der Waals surface area (Å²) in [5.74, 6) is -0.0408. The van der Waals surface area contributed by atoms with Crippen molar-refractivity contribution >= 4 is 11.6 Å². The number of carbonyl (C=O) groups excluding carboxylic acids is 2. The number of Topliss-reactive ketones (excluding diaryl/α,β-unsaturated/α-hetero) is 2. The zero-order chi connectivity index (χ0) is 22.1. The van der Waals surface area contributed by atoms with Gasteiger partial charge in [-0.05, 0) is 44.8 Å². The number of ketones is 2. The van der Waals surface area contributed by atoms with Crippen LogP contribution in [0.25, 0.3) is 0 Å². The number of phenols is 1. The van der Waals surface area contributed by atoms with Crippen molar-refractivity contribution in [2.45, 2.75) is 76.0 Å². The van der Waals surface area contributed by atoms with Crippen LogP contribution >= 0.6 is 0 Å². The van der Waals surface area contributed by atoms with E-state index in [0.717, 1.165) is 24.1 Å². The normalized spacial score (nSPS) is 32.5. The fourth-order valence-electron chi connectivity index (χ4n) is 6.67. The Kier molecular flexibility index (Phi) is 4.79. The molecule has 1 aromatic carbocycles. The number of benzene rings is 1. The van der Waals surface area contributed by atoms with Crippen molar-refractivity contribution in [1.82, 2.24) is 4.90 Å². The van der Waals surface area contributed by atoms with Gasteiger partial charge < -0.3 is 19.8 Å². The number of aromatic hydroxyl groups is 1. The Morgan fingerprint density at radius 3 is 2.52 bits per heavy atom. The summed E-state index contributed by atoms with van der Waals surface area (Å²) in [6, 6.07) is 0.161. The first-order valence-electron chi connectivity index (χ1n) is 11.6. The molecule has 0 amide bonds. The Morgan fingerprint density at radius 2 is 1.84 bits per heavy atom. The highest BCUT2D eigenvalue weighted by Crippen LogP contribution is 2.63. The van der Waals surface area contributed by atoms with Gasteiger partial charge in [-0.1, -0.05) is 26.0 Å². The Labute approximate surface area is 182 Å². The predicted octanol–water partition coefficient (Wildman–Crippen LogP) is 3.16. The maximum absolute atomic E-state index is 13.4. The van der Waals surface area contributed by atoms with Gasteiger partial charge >= 0.3 is 0 Å². The average Bonchev–Trinajstić information content (AvgIpc) is 3.09. The minimum Gasteiger partial charge on any atom is -0.504 e. The summed E-state index contributed by atoms with van der Waals surface area (Å²) in [4.78, 5) is 28.8. The SMILES string of the molecule is CCCC(=O)c1c(O)c2c3c(c1C(=O)CCC)C[C@@H]1[C@@H]4C=C[C@H](O)[C@H](O2)[C@]34CCN1C. The van der Waals surface area contributed by atoms with Crippen LogP contribution in [0.5, 0.6) is 11.5 Å². The number of piperidine rings is 1. The van der Waals surface area contributed by atoms with Gasteiger partial charge in [0.1, 0.15) is 12.2 Å². The lowest BCUT2D eigenvalue weighted by atomic mass is 9.52. The number of aliphatic hydroxyl groups excluding tert-OH is 1. The molecule has 0 radical (unpaired) electrons. The number of carbonyl (C=O) groups is 2. The summed E-state index contributed by atoms with van der Waals surface area (Å²) in [6.45, 7) is 4.72. The standard InChI is InChI=1S/C25H31NO5/c1-4-6-16(27)19-13-12-15-14-8-9-18(29)24-25(14,10-11-26(15)3)21(13)23(31-24)22(30)20(19)17(28)7-5-2/h8-9,14-15,18,24,29-30H,4-7,10-12H2,1-3H3/t14-,15+,18-,24-,25-/m0/s1. The quantitative estimate of drug-likeness (QED) is 0.538. The van der Waals surface area contributed by atoms with Gasteiger partial charge in [0.05, 0.1) is 5.56 Å². The smallest absolute Gasteiger partial charge is 0.169 e. The topological polar surface area (TPSA) is 87.1 Å². The van der Waals surface area contributed by atoms with Crippen molar-refractivity contribution in [1.29, 1.82) is 0 Å². The molecule has 2 heterocycles. The van der Waals surface area contributed by atoms with Crippen molar-refractivity contribution in [3.8, 4) is 11.5 Å². The van der Waals surface area contributed by atoms with Gasteiger partial charge in [0.25, 0.3) is 0 Å². The number of likely N-dealkylation sites (tertiary alicyclic amines) is 1. The fourth-order valence-corrected chi connectivity index (χ4v) is 6.67. The molecule has 166 valence electrons. The second-order valence-corrected chi connectivity index (χ2v) is 9.61. The van der Waals surface area contributed by atoms with Crippen LogP contribution < -0.4 is 4.74 Å². The lowest BCUT2D eigenvalue weighted by Crippen LogP contribution is -2.65. The lowest BCUT2D eigenvalue weighted by molar-refractivity contribution is -0.0453. The van der Waals surface area contributed by atoms with E-state index in [2.05, 4.69) is 18.0 Å². The number of nitrogens with zero attached hydrogens (tertiary/aromatic N) is 1. The Hall–Kier alpha value is -2.18. The van der Waals surface area contributed by atoms with Crippen molar-refractivity contribution in [2.75, 3.05) is 13.6 Å². The Morgan fingerprint density at radius 1 is 1.16 bits per heavy atom. The molecule has 6 heteroatoms. The van der Waals surface area contributed by atoms with E-state index >= 15 is 0 Å². The molecule has 0 aromatic heterocycles. The van der Waals surface area contributed by atoms with Gasteiger partial charge in [0.15, 0.2) is 23.1 Å². The van der Waals surface area contributed by atoms with E-state index in [0.29, 0.717) is 37.0 Å². The third-order valence-electron chi connectivity index (χ3n) is 7.96. The zero-order valence-corrected chi connectivity index (χ0v) is 18.5. The molecule has 1 saturated heterocycles. The molecule has 5 atom stereocenters. The van der Waals surface area contributed by atoms with Crippen molar-refractivity contribution in [2.24, 2.45) is 5.92 Å². The molecule has 5 rings (SSSR count). The molecule has 1 aromatic rings. The molecular formula is C25H31NO5. The fraction of sp³-hybridized carbons (Fsp3) is 0.600. The van der Waals surface area contributed by atoms with Crippen LogP contribution in [0.3, 0.4) is 0 Å². The largest absolute Gasteiger partial charge is 0.504 e. The minimum atomic E-state index is -0.789. The molecule has 6 nitrogen and oxygen atoms in total. The monoisotopic (exact) mass is 425 g/mol. The predicted molar refractivity (Wildman–Crippen MR) is 116 cm³/mol. The van der Waals surface area contributed by atoms with E-state index in [1.54, 1.807) is 6.08 Å². The third kappa shape index (κ3) is 2.58. The Balaban J connectivity index is 1.84. The summed E-state index contributed by atoms with van der Waals surface area (Å²) in [5.41, 5.74) is 1.80. The van der Waals surface area contributed by atoms with Gasteiger partial charge in [0.2, 0.25) is 0 Å². The van der Waals surface area contributed by atoms with Crippen LogP contribution in [0.4, 0.5) is 0 Å². The van der Waals surface area contributed by atoms with Gasteiger partial charge in [-0.25, -0.2) is 0 Å².